The van der Waals surface area contributed by atoms with E-state index in [0.29, 0.717) is 36.5 Å². The number of carbonyl (C=O) groups is 2. The molecule has 0 bridgehead atoms. The number of benzene rings is 1. The van der Waals surface area contributed by atoms with Gasteiger partial charge in [0.25, 0.3) is 5.91 Å². The average molecular weight is 353 g/mol. The van der Waals surface area contributed by atoms with Crippen LogP contribution in [-0.2, 0) is 4.79 Å². The third-order valence-corrected chi connectivity index (χ3v) is 4.90. The molecule has 2 amide bonds. The van der Waals surface area contributed by atoms with Crippen molar-refractivity contribution < 1.29 is 14.7 Å². The monoisotopic (exact) mass is 352 g/mol. The van der Waals surface area contributed by atoms with Crippen LogP contribution in [0.1, 0.15) is 43.5 Å². The van der Waals surface area contributed by atoms with Crippen molar-refractivity contribution in [3.63, 3.8) is 0 Å². The maximum Gasteiger partial charge on any atom is 0.251 e. The van der Waals surface area contributed by atoms with E-state index in [2.05, 4.69) is 5.32 Å². The first-order valence-electron chi connectivity index (χ1n) is 8.45. The molecule has 2 atom stereocenters. The Bertz CT molecular complexity index is 568. The minimum atomic E-state index is -0.562. The summed E-state index contributed by atoms with van der Waals surface area (Å²) in [7, 11) is 0. The van der Waals surface area contributed by atoms with Crippen molar-refractivity contribution in [1.29, 1.82) is 0 Å². The molecule has 2 unspecified atom stereocenters. The molecule has 0 spiro atoms. The van der Waals surface area contributed by atoms with Crippen molar-refractivity contribution in [3.8, 4) is 0 Å². The second kappa shape index (κ2) is 8.49. The minimum absolute atomic E-state index is 0.0283. The van der Waals surface area contributed by atoms with E-state index >= 15 is 0 Å². The summed E-state index contributed by atoms with van der Waals surface area (Å²) in [6.07, 6.45) is 1.63. The summed E-state index contributed by atoms with van der Waals surface area (Å²) >= 11 is 5.85. The quantitative estimate of drug-likeness (QED) is 0.855. The van der Waals surface area contributed by atoms with Crippen LogP contribution in [0.15, 0.2) is 24.3 Å². The van der Waals surface area contributed by atoms with Gasteiger partial charge in [0.1, 0.15) is 6.04 Å². The number of aliphatic hydroxyl groups excluding tert-OH is 1. The van der Waals surface area contributed by atoms with E-state index in [1.54, 1.807) is 29.2 Å². The lowest BCUT2D eigenvalue weighted by atomic mass is 9.96. The topological polar surface area (TPSA) is 69.6 Å². The van der Waals surface area contributed by atoms with E-state index in [9.17, 15) is 14.7 Å². The molecule has 24 heavy (non-hydrogen) atoms. The van der Waals surface area contributed by atoms with Gasteiger partial charge in [0.05, 0.1) is 6.10 Å². The number of halogens is 1. The molecule has 5 nitrogen and oxygen atoms in total. The summed E-state index contributed by atoms with van der Waals surface area (Å²) in [5.74, 6) is -0.318. The number of hydrogen-bond donors (Lipinski definition) is 2. The largest absolute Gasteiger partial charge is 0.393 e. The summed E-state index contributed by atoms with van der Waals surface area (Å²) in [6, 6.07) is 6.04. The Balaban J connectivity index is 2.08. The number of amides is 2. The molecule has 0 radical (unpaired) electrons. The molecule has 1 aromatic carbocycles. The van der Waals surface area contributed by atoms with Crippen LogP contribution in [0, 0.1) is 5.92 Å². The Morgan fingerprint density at radius 1 is 1.29 bits per heavy atom. The van der Waals surface area contributed by atoms with Crippen LogP contribution in [0.3, 0.4) is 0 Å². The molecular weight excluding hydrogens is 328 g/mol. The van der Waals surface area contributed by atoms with Gasteiger partial charge in [-0.1, -0.05) is 31.9 Å². The van der Waals surface area contributed by atoms with E-state index in [0.717, 1.165) is 6.42 Å². The standard InChI is InChI=1S/C18H25ClN2O3/c1-3-12(2)16(18(24)21-10-8-15(22)9-11-21)20-17(23)13-4-6-14(19)7-5-13/h4-7,12,15-16,22H,3,8-11H2,1-2H3,(H,20,23). The molecule has 0 aliphatic carbocycles. The first kappa shape index (κ1) is 18.7. The van der Waals surface area contributed by atoms with Crippen molar-refractivity contribution >= 4 is 23.4 Å². The summed E-state index contributed by atoms with van der Waals surface area (Å²) < 4.78 is 0. The van der Waals surface area contributed by atoms with Gasteiger partial charge in [0, 0.05) is 23.7 Å². The van der Waals surface area contributed by atoms with Crippen LogP contribution in [0.2, 0.25) is 5.02 Å². The number of aliphatic hydroxyl groups is 1. The highest BCUT2D eigenvalue weighted by Gasteiger charge is 2.32. The Kier molecular flexibility index (Phi) is 6.63. The Hall–Kier alpha value is -1.59. The van der Waals surface area contributed by atoms with E-state index in [-0.39, 0.29) is 23.8 Å². The van der Waals surface area contributed by atoms with Crippen LogP contribution in [0.5, 0.6) is 0 Å². The molecule has 1 aromatic rings. The predicted octanol–water partition coefficient (Wildman–Crippen LogP) is 2.47. The third-order valence-electron chi connectivity index (χ3n) is 4.65. The Labute approximate surface area is 148 Å². The van der Waals surface area contributed by atoms with Crippen molar-refractivity contribution in [1.82, 2.24) is 10.2 Å². The Morgan fingerprint density at radius 2 is 1.88 bits per heavy atom. The molecule has 0 aromatic heterocycles. The van der Waals surface area contributed by atoms with Gasteiger partial charge in [0.15, 0.2) is 0 Å². The van der Waals surface area contributed by atoms with Crippen molar-refractivity contribution in [2.75, 3.05) is 13.1 Å². The fourth-order valence-corrected chi connectivity index (χ4v) is 2.92. The minimum Gasteiger partial charge on any atom is -0.393 e. The lowest BCUT2D eigenvalue weighted by Crippen LogP contribution is -2.53. The van der Waals surface area contributed by atoms with Crippen LogP contribution in [0.25, 0.3) is 0 Å². The van der Waals surface area contributed by atoms with Gasteiger partial charge in [-0.3, -0.25) is 9.59 Å². The van der Waals surface area contributed by atoms with Crippen LogP contribution < -0.4 is 5.32 Å². The zero-order valence-electron chi connectivity index (χ0n) is 14.2. The van der Waals surface area contributed by atoms with Crippen LogP contribution >= 0.6 is 11.6 Å². The molecule has 6 heteroatoms. The van der Waals surface area contributed by atoms with Gasteiger partial charge in [0.2, 0.25) is 5.91 Å². The van der Waals surface area contributed by atoms with Gasteiger partial charge >= 0.3 is 0 Å². The summed E-state index contributed by atoms with van der Waals surface area (Å²) in [5, 5.41) is 13.0. The molecule has 1 fully saturated rings. The lowest BCUT2D eigenvalue weighted by molar-refractivity contribution is -0.136. The molecule has 2 N–H and O–H groups in total. The zero-order valence-corrected chi connectivity index (χ0v) is 14.9. The van der Waals surface area contributed by atoms with E-state index in [1.165, 1.54) is 0 Å². The molecule has 1 heterocycles. The normalized spacial score (nSPS) is 18.1. The first-order valence-corrected chi connectivity index (χ1v) is 8.83. The summed E-state index contributed by atoms with van der Waals surface area (Å²) in [5.41, 5.74) is 0.481. The number of nitrogens with one attached hydrogen (secondary N) is 1. The molecule has 0 saturated carbocycles. The van der Waals surface area contributed by atoms with Gasteiger partial charge in [-0.2, -0.15) is 0 Å². The van der Waals surface area contributed by atoms with E-state index in [1.807, 2.05) is 13.8 Å². The predicted molar refractivity (Wildman–Crippen MR) is 94.0 cm³/mol. The van der Waals surface area contributed by atoms with Crippen molar-refractivity contribution in [2.45, 2.75) is 45.3 Å². The number of hydrogen-bond acceptors (Lipinski definition) is 3. The molecule has 2 rings (SSSR count). The van der Waals surface area contributed by atoms with Gasteiger partial charge in [-0.25, -0.2) is 0 Å². The van der Waals surface area contributed by atoms with Gasteiger partial charge in [-0.15, -0.1) is 0 Å². The van der Waals surface area contributed by atoms with E-state index < -0.39 is 6.04 Å². The molecule has 132 valence electrons. The van der Waals surface area contributed by atoms with Gasteiger partial charge < -0.3 is 15.3 Å². The maximum atomic E-state index is 12.8. The van der Waals surface area contributed by atoms with E-state index in [4.69, 9.17) is 11.6 Å². The first-order chi connectivity index (χ1) is 11.4. The fraction of sp³-hybridized carbons (Fsp3) is 0.556. The van der Waals surface area contributed by atoms with Gasteiger partial charge in [-0.05, 0) is 43.0 Å². The highest BCUT2D eigenvalue weighted by molar-refractivity contribution is 6.30. The SMILES string of the molecule is CCC(C)C(NC(=O)c1ccc(Cl)cc1)C(=O)N1CCC(O)CC1. The number of piperidine rings is 1. The highest BCUT2D eigenvalue weighted by Crippen LogP contribution is 2.17. The zero-order chi connectivity index (χ0) is 17.7. The smallest absolute Gasteiger partial charge is 0.251 e. The molecule has 1 aliphatic rings. The molecule has 1 aliphatic heterocycles. The second-order valence-electron chi connectivity index (χ2n) is 6.40. The molecule has 1 saturated heterocycles. The van der Waals surface area contributed by atoms with Crippen molar-refractivity contribution in [2.24, 2.45) is 5.92 Å². The Morgan fingerprint density at radius 3 is 2.42 bits per heavy atom. The number of carbonyl (C=O) groups excluding carboxylic acids is 2. The summed E-state index contributed by atoms with van der Waals surface area (Å²) in [6.45, 7) is 5.02. The number of rotatable bonds is 5. The van der Waals surface area contributed by atoms with Crippen molar-refractivity contribution in [3.05, 3.63) is 34.9 Å². The highest BCUT2D eigenvalue weighted by atomic mass is 35.5. The summed E-state index contributed by atoms with van der Waals surface area (Å²) in [4.78, 5) is 27.0. The average Bonchev–Trinajstić information content (AvgIpc) is 2.59. The second-order valence-corrected chi connectivity index (χ2v) is 6.84. The molecular formula is C18H25ClN2O3. The number of nitrogens with zero attached hydrogens (tertiary/aromatic N) is 1. The lowest BCUT2D eigenvalue weighted by Gasteiger charge is -2.34. The third kappa shape index (κ3) is 4.71. The van der Waals surface area contributed by atoms with Crippen LogP contribution in [0.4, 0.5) is 0 Å². The fourth-order valence-electron chi connectivity index (χ4n) is 2.79. The maximum absolute atomic E-state index is 12.8. The van der Waals surface area contributed by atoms with Crippen LogP contribution in [-0.4, -0.2) is 47.1 Å². The number of likely N-dealkylation sites (tertiary alicyclic amines) is 1.